The van der Waals surface area contributed by atoms with Gasteiger partial charge in [0, 0.05) is 14.8 Å². The van der Waals surface area contributed by atoms with Gasteiger partial charge in [-0.05, 0) is 29.8 Å². The molecule has 0 aliphatic rings. The van der Waals surface area contributed by atoms with Crippen molar-refractivity contribution < 1.29 is 9.53 Å². The first-order chi connectivity index (χ1) is 8.19. The maximum Gasteiger partial charge on any atom is 0.310 e. The average Bonchev–Trinajstić information content (AvgIpc) is 2.78. The molecule has 0 amide bonds. The molecule has 2 nitrogen and oxygen atoms in total. The van der Waals surface area contributed by atoms with Gasteiger partial charge in [0.15, 0.2) is 0 Å². The Kier molecular flexibility index (Phi) is 3.82. The number of hydrogen-bond acceptors (Lipinski definition) is 3. The summed E-state index contributed by atoms with van der Waals surface area (Å²) in [4.78, 5) is 13.3. The Labute approximate surface area is 109 Å². The molecular formula is C13H11ClO2S. The van der Waals surface area contributed by atoms with Crippen LogP contribution in [0.1, 0.15) is 4.88 Å². The molecule has 0 aliphatic carbocycles. The number of carbonyl (C=O) groups is 1. The topological polar surface area (TPSA) is 26.3 Å². The highest BCUT2D eigenvalue weighted by atomic mass is 35.5. The number of rotatable bonds is 3. The summed E-state index contributed by atoms with van der Waals surface area (Å²) in [5, 5.41) is 0.722. The molecule has 1 heterocycles. The minimum Gasteiger partial charge on any atom is -0.469 e. The Balaban J connectivity index is 2.18. The van der Waals surface area contributed by atoms with Gasteiger partial charge in [0.05, 0.1) is 13.5 Å². The number of esters is 1. The molecule has 1 aromatic carbocycles. The van der Waals surface area contributed by atoms with Gasteiger partial charge in [-0.1, -0.05) is 23.7 Å². The zero-order chi connectivity index (χ0) is 12.3. The van der Waals surface area contributed by atoms with Crippen molar-refractivity contribution in [1.82, 2.24) is 0 Å². The maximum absolute atomic E-state index is 11.1. The summed E-state index contributed by atoms with van der Waals surface area (Å²) in [7, 11) is 1.40. The highest BCUT2D eigenvalue weighted by molar-refractivity contribution is 7.15. The monoisotopic (exact) mass is 266 g/mol. The summed E-state index contributed by atoms with van der Waals surface area (Å²) in [6.07, 6.45) is 0.328. The molecule has 0 unspecified atom stereocenters. The molecule has 0 radical (unpaired) electrons. The van der Waals surface area contributed by atoms with Crippen LogP contribution in [0.5, 0.6) is 0 Å². The van der Waals surface area contributed by atoms with Crippen LogP contribution in [-0.4, -0.2) is 13.1 Å². The molecule has 0 saturated carbocycles. The molecule has 2 rings (SSSR count). The average molecular weight is 267 g/mol. The van der Waals surface area contributed by atoms with Crippen LogP contribution < -0.4 is 0 Å². The van der Waals surface area contributed by atoms with Crippen molar-refractivity contribution in [2.45, 2.75) is 6.42 Å². The fourth-order valence-electron chi connectivity index (χ4n) is 1.46. The van der Waals surface area contributed by atoms with Crippen LogP contribution in [0, 0.1) is 0 Å². The van der Waals surface area contributed by atoms with Gasteiger partial charge in [0.25, 0.3) is 0 Å². The van der Waals surface area contributed by atoms with Crippen LogP contribution >= 0.6 is 22.9 Å². The van der Waals surface area contributed by atoms with E-state index in [9.17, 15) is 4.79 Å². The van der Waals surface area contributed by atoms with Gasteiger partial charge in [-0.15, -0.1) is 11.3 Å². The molecule has 1 aromatic heterocycles. The first kappa shape index (κ1) is 12.1. The Hall–Kier alpha value is -1.32. The van der Waals surface area contributed by atoms with Crippen LogP contribution in [0.4, 0.5) is 0 Å². The lowest BCUT2D eigenvalue weighted by molar-refractivity contribution is -0.139. The highest BCUT2D eigenvalue weighted by Crippen LogP contribution is 2.29. The Morgan fingerprint density at radius 3 is 2.59 bits per heavy atom. The SMILES string of the molecule is COC(=O)Cc1ccc(-c2ccc(Cl)cc2)s1. The molecule has 0 N–H and O–H groups in total. The van der Waals surface area contributed by atoms with Crippen LogP contribution in [0.25, 0.3) is 10.4 Å². The molecule has 0 bridgehead atoms. The van der Waals surface area contributed by atoms with Gasteiger partial charge in [-0.3, -0.25) is 4.79 Å². The van der Waals surface area contributed by atoms with E-state index in [0.29, 0.717) is 6.42 Å². The summed E-state index contributed by atoms with van der Waals surface area (Å²) in [5.74, 6) is -0.213. The number of carbonyl (C=O) groups excluding carboxylic acids is 1. The van der Waals surface area contributed by atoms with Gasteiger partial charge in [0.1, 0.15) is 0 Å². The lowest BCUT2D eigenvalue weighted by Gasteiger charge is -1.97. The molecule has 2 aromatic rings. The Morgan fingerprint density at radius 1 is 1.24 bits per heavy atom. The third-order valence-corrected chi connectivity index (χ3v) is 3.72. The fraction of sp³-hybridized carbons (Fsp3) is 0.154. The number of ether oxygens (including phenoxy) is 1. The summed E-state index contributed by atoms with van der Waals surface area (Å²) in [5.41, 5.74) is 1.11. The number of benzene rings is 1. The molecule has 0 atom stereocenters. The minimum atomic E-state index is -0.213. The summed E-state index contributed by atoms with van der Waals surface area (Å²) >= 11 is 7.43. The second-order valence-electron chi connectivity index (χ2n) is 3.53. The predicted molar refractivity (Wildman–Crippen MR) is 70.5 cm³/mol. The van der Waals surface area contributed by atoms with Crippen LogP contribution in [0.2, 0.25) is 5.02 Å². The van der Waals surface area contributed by atoms with Gasteiger partial charge in [-0.2, -0.15) is 0 Å². The van der Waals surface area contributed by atoms with E-state index < -0.39 is 0 Å². The third-order valence-electron chi connectivity index (χ3n) is 2.34. The number of thiophene rings is 1. The summed E-state index contributed by atoms with van der Waals surface area (Å²) in [6, 6.07) is 11.6. The van der Waals surface area contributed by atoms with Gasteiger partial charge in [0.2, 0.25) is 0 Å². The fourth-order valence-corrected chi connectivity index (χ4v) is 2.58. The summed E-state index contributed by atoms with van der Waals surface area (Å²) in [6.45, 7) is 0. The van der Waals surface area contributed by atoms with E-state index in [1.165, 1.54) is 7.11 Å². The zero-order valence-electron chi connectivity index (χ0n) is 9.27. The van der Waals surface area contributed by atoms with Gasteiger partial charge in [-0.25, -0.2) is 0 Å². The number of halogens is 1. The minimum absolute atomic E-state index is 0.213. The van der Waals surface area contributed by atoms with E-state index in [-0.39, 0.29) is 5.97 Å². The first-order valence-electron chi connectivity index (χ1n) is 5.10. The molecule has 0 aliphatic heterocycles. The Morgan fingerprint density at radius 2 is 1.94 bits per heavy atom. The highest BCUT2D eigenvalue weighted by Gasteiger charge is 2.07. The molecular weight excluding hydrogens is 256 g/mol. The van der Waals surface area contributed by atoms with Crippen molar-refractivity contribution >= 4 is 28.9 Å². The molecule has 0 spiro atoms. The maximum atomic E-state index is 11.1. The Bertz CT molecular complexity index is 516. The number of hydrogen-bond donors (Lipinski definition) is 0. The van der Waals surface area contributed by atoms with Crippen molar-refractivity contribution in [3.05, 3.63) is 46.3 Å². The molecule has 0 fully saturated rings. The van der Waals surface area contributed by atoms with Crippen molar-refractivity contribution in [2.75, 3.05) is 7.11 Å². The van der Waals surface area contributed by atoms with Crippen molar-refractivity contribution in [2.24, 2.45) is 0 Å². The predicted octanol–water partition coefficient (Wildman–Crippen LogP) is 3.78. The van der Waals surface area contributed by atoms with E-state index >= 15 is 0 Å². The number of methoxy groups -OCH3 is 1. The largest absolute Gasteiger partial charge is 0.469 e. The summed E-state index contributed by atoms with van der Waals surface area (Å²) < 4.78 is 4.64. The third kappa shape index (κ3) is 3.08. The van der Waals surface area contributed by atoms with Crippen molar-refractivity contribution in [1.29, 1.82) is 0 Å². The normalized spacial score (nSPS) is 10.2. The molecule has 88 valence electrons. The van der Waals surface area contributed by atoms with E-state index in [2.05, 4.69) is 4.74 Å². The van der Waals surface area contributed by atoms with E-state index in [0.717, 1.165) is 20.3 Å². The van der Waals surface area contributed by atoms with Gasteiger partial charge >= 0.3 is 5.97 Å². The quantitative estimate of drug-likeness (QED) is 0.790. The molecule has 17 heavy (non-hydrogen) atoms. The molecule has 0 saturated heterocycles. The van der Waals surface area contributed by atoms with Crippen molar-refractivity contribution in [3.8, 4) is 10.4 Å². The van der Waals surface area contributed by atoms with Crippen LogP contribution in [0.15, 0.2) is 36.4 Å². The standard InChI is InChI=1S/C13H11ClO2S/c1-16-13(15)8-11-6-7-12(17-11)9-2-4-10(14)5-3-9/h2-7H,8H2,1H3. The van der Waals surface area contributed by atoms with Crippen molar-refractivity contribution in [3.63, 3.8) is 0 Å². The zero-order valence-corrected chi connectivity index (χ0v) is 10.8. The van der Waals surface area contributed by atoms with Crippen LogP contribution in [-0.2, 0) is 16.0 Å². The molecule has 4 heteroatoms. The van der Waals surface area contributed by atoms with Crippen LogP contribution in [0.3, 0.4) is 0 Å². The lowest BCUT2D eigenvalue weighted by Crippen LogP contribution is -2.02. The van der Waals surface area contributed by atoms with E-state index in [1.807, 2.05) is 36.4 Å². The lowest BCUT2D eigenvalue weighted by atomic mass is 10.2. The van der Waals surface area contributed by atoms with E-state index in [4.69, 9.17) is 11.6 Å². The second kappa shape index (κ2) is 5.34. The smallest absolute Gasteiger partial charge is 0.310 e. The van der Waals surface area contributed by atoms with Gasteiger partial charge < -0.3 is 4.74 Å². The second-order valence-corrected chi connectivity index (χ2v) is 5.13. The van der Waals surface area contributed by atoms with E-state index in [1.54, 1.807) is 11.3 Å². The first-order valence-corrected chi connectivity index (χ1v) is 6.30.